The molecule has 0 amide bonds. The van der Waals surface area contributed by atoms with Gasteiger partial charge in [0.2, 0.25) is 0 Å². The minimum atomic E-state index is -1.15. The van der Waals surface area contributed by atoms with Crippen molar-refractivity contribution in [3.8, 4) is 0 Å². The number of nitrogens with two attached hydrogens (primary N) is 2. The second-order valence-corrected chi connectivity index (χ2v) is 5.01. The Morgan fingerprint density at radius 2 is 2.16 bits per heavy atom. The Hall–Kier alpha value is -0.795. The van der Waals surface area contributed by atoms with Crippen LogP contribution in [0.15, 0.2) is 11.9 Å². The summed E-state index contributed by atoms with van der Waals surface area (Å²) in [4.78, 5) is 2.86. The fraction of sp³-hybridized carbons (Fsp3) is 0.818. The highest BCUT2D eigenvalue weighted by molar-refractivity contribution is 6.04. The standard InChI is InChI=1S/C11H23BN4O3/c1-7-5-9(10(17)11(18)19-7)15(2)4-3-8(13)6-16(12)14/h6-7,9-11,17-18H,3-5,13-14H2,1-2H3/b8-6-/t7-,9+,10-,11-/m1/s1. The highest BCUT2D eigenvalue weighted by Crippen LogP contribution is 2.22. The number of rotatable bonds is 5. The average molecular weight is 270 g/mol. The maximum atomic E-state index is 9.93. The summed E-state index contributed by atoms with van der Waals surface area (Å²) >= 11 is 0. The molecule has 108 valence electrons. The summed E-state index contributed by atoms with van der Waals surface area (Å²) in [7, 11) is 7.12. The monoisotopic (exact) mass is 270 g/mol. The van der Waals surface area contributed by atoms with Gasteiger partial charge in [-0.2, -0.15) is 0 Å². The SMILES string of the molecule is [B]N(N)/C=C(\N)CCN(C)[C@H]1C[C@@H](C)O[C@@H](O)[C@@H]1O. The van der Waals surface area contributed by atoms with Gasteiger partial charge in [-0.05, 0) is 20.4 Å². The van der Waals surface area contributed by atoms with Gasteiger partial charge >= 0.3 is 0 Å². The van der Waals surface area contributed by atoms with Gasteiger partial charge in [0.1, 0.15) is 6.10 Å². The Balaban J connectivity index is 2.50. The molecule has 0 spiro atoms. The third kappa shape index (κ3) is 5.00. The van der Waals surface area contributed by atoms with E-state index >= 15 is 0 Å². The van der Waals surface area contributed by atoms with Crippen LogP contribution in [0.2, 0.25) is 0 Å². The number of hydrazine groups is 1. The number of nitrogens with zero attached hydrogens (tertiary/aromatic N) is 2. The van der Waals surface area contributed by atoms with Crippen LogP contribution >= 0.6 is 0 Å². The molecular weight excluding hydrogens is 247 g/mol. The van der Waals surface area contributed by atoms with Crippen molar-refractivity contribution in [2.24, 2.45) is 11.6 Å². The summed E-state index contributed by atoms with van der Waals surface area (Å²) in [5.41, 5.74) is 6.29. The normalized spacial score (nSPS) is 32.6. The number of ether oxygens (including phenoxy) is 1. The molecule has 7 nitrogen and oxygen atoms in total. The second kappa shape index (κ2) is 7.11. The van der Waals surface area contributed by atoms with Gasteiger partial charge in [0, 0.05) is 30.9 Å². The van der Waals surface area contributed by atoms with Crippen molar-refractivity contribution in [3.63, 3.8) is 0 Å². The van der Waals surface area contributed by atoms with Crippen molar-refractivity contribution in [2.45, 2.75) is 44.3 Å². The van der Waals surface area contributed by atoms with Crippen molar-refractivity contribution < 1.29 is 14.9 Å². The van der Waals surface area contributed by atoms with Crippen molar-refractivity contribution >= 4 is 7.98 Å². The van der Waals surface area contributed by atoms with Crippen LogP contribution in [-0.2, 0) is 4.74 Å². The average Bonchev–Trinajstić information content (AvgIpc) is 2.29. The minimum Gasteiger partial charge on any atom is -0.401 e. The van der Waals surface area contributed by atoms with E-state index < -0.39 is 12.4 Å². The molecule has 1 aliphatic heterocycles. The van der Waals surface area contributed by atoms with E-state index in [4.69, 9.17) is 24.3 Å². The molecule has 0 aromatic heterocycles. The number of likely N-dealkylation sites (N-methyl/N-ethyl adjacent to an activating group) is 1. The third-order valence-corrected chi connectivity index (χ3v) is 3.27. The molecule has 6 N–H and O–H groups in total. The van der Waals surface area contributed by atoms with E-state index in [9.17, 15) is 10.2 Å². The summed E-state index contributed by atoms with van der Waals surface area (Å²) in [6.07, 6.45) is 0.488. The van der Waals surface area contributed by atoms with Crippen LogP contribution in [0.1, 0.15) is 19.8 Å². The summed E-state index contributed by atoms with van der Waals surface area (Å²) in [5.74, 6) is 5.25. The minimum absolute atomic E-state index is 0.0951. The number of aliphatic hydroxyl groups is 2. The van der Waals surface area contributed by atoms with Gasteiger partial charge < -0.3 is 30.5 Å². The van der Waals surface area contributed by atoms with Crippen molar-refractivity contribution in [1.82, 2.24) is 9.82 Å². The Morgan fingerprint density at radius 1 is 1.53 bits per heavy atom. The lowest BCUT2D eigenvalue weighted by Gasteiger charge is -2.40. The van der Waals surface area contributed by atoms with E-state index in [1.165, 1.54) is 6.20 Å². The molecule has 0 aliphatic carbocycles. The van der Waals surface area contributed by atoms with Gasteiger partial charge in [0.05, 0.1) is 6.10 Å². The largest absolute Gasteiger partial charge is 0.401 e. The smallest absolute Gasteiger partial charge is 0.252 e. The molecule has 1 saturated heterocycles. The predicted octanol–water partition coefficient (Wildman–Crippen LogP) is -1.78. The maximum Gasteiger partial charge on any atom is 0.252 e. The first-order chi connectivity index (χ1) is 8.81. The lowest BCUT2D eigenvalue weighted by Crippen LogP contribution is -2.54. The second-order valence-electron chi connectivity index (χ2n) is 5.01. The van der Waals surface area contributed by atoms with Gasteiger partial charge in [-0.3, -0.25) is 5.84 Å². The van der Waals surface area contributed by atoms with Crippen LogP contribution in [0.3, 0.4) is 0 Å². The van der Waals surface area contributed by atoms with Crippen LogP contribution < -0.4 is 11.6 Å². The molecule has 4 atom stereocenters. The zero-order chi connectivity index (χ0) is 14.6. The number of aliphatic hydroxyl groups excluding tert-OH is 2. The number of hydrogen-bond donors (Lipinski definition) is 4. The zero-order valence-corrected chi connectivity index (χ0v) is 11.4. The fourth-order valence-corrected chi connectivity index (χ4v) is 2.21. The van der Waals surface area contributed by atoms with Crippen LogP contribution in [0.25, 0.3) is 0 Å². The molecule has 0 bridgehead atoms. The van der Waals surface area contributed by atoms with Crippen molar-refractivity contribution in [2.75, 3.05) is 13.6 Å². The fourth-order valence-electron chi connectivity index (χ4n) is 2.21. The van der Waals surface area contributed by atoms with E-state index in [0.29, 0.717) is 25.1 Å². The third-order valence-electron chi connectivity index (χ3n) is 3.27. The van der Waals surface area contributed by atoms with E-state index in [1.54, 1.807) is 0 Å². The molecular formula is C11H23BN4O3. The van der Waals surface area contributed by atoms with Gasteiger partial charge in [0.15, 0.2) is 6.29 Å². The Kier molecular flexibility index (Phi) is 6.09. The van der Waals surface area contributed by atoms with Gasteiger partial charge in [0.25, 0.3) is 7.98 Å². The van der Waals surface area contributed by atoms with E-state index in [1.807, 2.05) is 18.9 Å². The Bertz CT molecular complexity index is 316. The van der Waals surface area contributed by atoms with Crippen LogP contribution in [0.5, 0.6) is 0 Å². The van der Waals surface area contributed by atoms with E-state index in [0.717, 1.165) is 4.92 Å². The van der Waals surface area contributed by atoms with E-state index in [-0.39, 0.29) is 12.1 Å². The summed E-state index contributed by atoms with van der Waals surface area (Å²) < 4.78 is 5.16. The van der Waals surface area contributed by atoms with Crippen LogP contribution in [0.4, 0.5) is 0 Å². The molecule has 1 heterocycles. The topological polar surface area (TPSA) is 108 Å². The number of hydrogen-bond acceptors (Lipinski definition) is 7. The molecule has 1 rings (SSSR count). The first-order valence-electron chi connectivity index (χ1n) is 6.28. The molecule has 0 aromatic rings. The lowest BCUT2D eigenvalue weighted by molar-refractivity contribution is -0.231. The van der Waals surface area contributed by atoms with Gasteiger partial charge in [-0.15, -0.1) is 0 Å². The molecule has 0 aromatic carbocycles. The Labute approximate surface area is 115 Å². The summed E-state index contributed by atoms with van der Waals surface area (Å²) in [6.45, 7) is 2.49. The lowest BCUT2D eigenvalue weighted by atomic mass is 9.99. The van der Waals surface area contributed by atoms with Crippen molar-refractivity contribution in [3.05, 3.63) is 11.9 Å². The van der Waals surface area contributed by atoms with Crippen LogP contribution in [0, 0.1) is 0 Å². The quantitative estimate of drug-likeness (QED) is 0.266. The predicted molar refractivity (Wildman–Crippen MR) is 72.3 cm³/mol. The molecule has 19 heavy (non-hydrogen) atoms. The van der Waals surface area contributed by atoms with Crippen LogP contribution in [-0.4, -0.2) is 66.1 Å². The molecule has 0 unspecified atom stereocenters. The molecule has 1 aliphatic rings. The van der Waals surface area contributed by atoms with E-state index in [2.05, 4.69) is 0 Å². The van der Waals surface area contributed by atoms with Crippen molar-refractivity contribution in [1.29, 1.82) is 0 Å². The summed E-state index contributed by atoms with van der Waals surface area (Å²) in [5, 5.41) is 19.5. The molecule has 1 fully saturated rings. The Morgan fingerprint density at radius 3 is 2.74 bits per heavy atom. The first kappa shape index (κ1) is 16.3. The van der Waals surface area contributed by atoms with Gasteiger partial charge in [-0.1, -0.05) is 0 Å². The molecule has 0 saturated carbocycles. The highest BCUT2D eigenvalue weighted by atomic mass is 16.6. The first-order valence-corrected chi connectivity index (χ1v) is 6.28. The molecule has 8 heteroatoms. The molecule has 2 radical (unpaired) electrons. The highest BCUT2D eigenvalue weighted by Gasteiger charge is 2.36. The zero-order valence-electron chi connectivity index (χ0n) is 11.4. The maximum absolute atomic E-state index is 9.93. The summed E-state index contributed by atoms with van der Waals surface area (Å²) in [6, 6.07) is -0.168. The van der Waals surface area contributed by atoms with Gasteiger partial charge in [-0.25, -0.2) is 0 Å².